The highest BCUT2D eigenvalue weighted by Crippen LogP contribution is 2.20. The Kier molecular flexibility index (Phi) is 4.74. The molecule has 0 aliphatic rings. The molecule has 0 aromatic heterocycles. The molecule has 0 aliphatic heterocycles. The second-order valence-electron chi connectivity index (χ2n) is 4.41. The van der Waals surface area contributed by atoms with Gasteiger partial charge in [0, 0.05) is 6.54 Å². The van der Waals surface area contributed by atoms with Crippen molar-refractivity contribution in [3.63, 3.8) is 0 Å². The molecule has 0 saturated carbocycles. The van der Waals surface area contributed by atoms with Gasteiger partial charge < -0.3 is 9.84 Å². The Labute approximate surface area is 118 Å². The second-order valence-corrected chi connectivity index (χ2v) is 4.41. The first-order valence-electron chi connectivity index (χ1n) is 6.35. The molecule has 2 aromatic carbocycles. The number of carbonyl (C=O) groups is 1. The fourth-order valence-electron chi connectivity index (χ4n) is 1.98. The molecule has 0 bridgehead atoms. The highest BCUT2D eigenvalue weighted by molar-refractivity contribution is 5.75. The third kappa shape index (κ3) is 3.59. The van der Waals surface area contributed by atoms with Crippen molar-refractivity contribution in [2.24, 2.45) is 0 Å². The van der Waals surface area contributed by atoms with Gasteiger partial charge in [0.1, 0.15) is 11.8 Å². The number of hydrogen-bond acceptors (Lipinski definition) is 3. The Morgan fingerprint density at radius 3 is 2.60 bits per heavy atom. The van der Waals surface area contributed by atoms with Gasteiger partial charge in [-0.25, -0.2) is 0 Å². The predicted octanol–water partition coefficient (Wildman–Crippen LogP) is 2.61. The van der Waals surface area contributed by atoms with E-state index < -0.39 is 12.0 Å². The van der Waals surface area contributed by atoms with Crippen LogP contribution in [0.5, 0.6) is 5.75 Å². The van der Waals surface area contributed by atoms with Gasteiger partial charge in [0.05, 0.1) is 7.11 Å². The molecule has 4 nitrogen and oxygen atoms in total. The minimum atomic E-state index is -0.908. The van der Waals surface area contributed by atoms with E-state index in [4.69, 9.17) is 4.74 Å². The highest BCUT2D eigenvalue weighted by atomic mass is 16.5. The quantitative estimate of drug-likeness (QED) is 0.848. The number of nitrogens with one attached hydrogen (secondary N) is 1. The first-order valence-corrected chi connectivity index (χ1v) is 6.35. The van der Waals surface area contributed by atoms with Crippen molar-refractivity contribution >= 4 is 5.97 Å². The number of carboxylic acids is 1. The van der Waals surface area contributed by atoms with E-state index >= 15 is 0 Å². The molecule has 0 heterocycles. The molecule has 0 radical (unpaired) electrons. The minimum absolute atomic E-state index is 0.495. The number of rotatable bonds is 6. The van der Waals surface area contributed by atoms with E-state index in [1.54, 1.807) is 31.4 Å². The Morgan fingerprint density at radius 1 is 1.20 bits per heavy atom. The van der Waals surface area contributed by atoms with Crippen molar-refractivity contribution in [1.82, 2.24) is 5.32 Å². The van der Waals surface area contributed by atoms with E-state index in [0.29, 0.717) is 17.9 Å². The Bertz CT molecular complexity index is 569. The lowest BCUT2D eigenvalue weighted by atomic mass is 10.1. The molecule has 2 rings (SSSR count). The van der Waals surface area contributed by atoms with E-state index in [1.165, 1.54) is 0 Å². The van der Waals surface area contributed by atoms with Crippen molar-refractivity contribution in [3.05, 3.63) is 65.7 Å². The van der Waals surface area contributed by atoms with E-state index in [1.807, 2.05) is 30.3 Å². The molecule has 0 amide bonds. The number of hydrogen-bond donors (Lipinski definition) is 2. The summed E-state index contributed by atoms with van der Waals surface area (Å²) in [6.07, 6.45) is 0. The summed E-state index contributed by atoms with van der Waals surface area (Å²) in [7, 11) is 1.56. The zero-order valence-electron chi connectivity index (χ0n) is 11.2. The molecule has 20 heavy (non-hydrogen) atoms. The molecule has 1 unspecified atom stereocenters. The lowest BCUT2D eigenvalue weighted by Crippen LogP contribution is -2.28. The molecular formula is C16H17NO3. The lowest BCUT2D eigenvalue weighted by molar-refractivity contribution is -0.139. The maximum absolute atomic E-state index is 11.4. The largest absolute Gasteiger partial charge is 0.497 e. The Morgan fingerprint density at radius 2 is 1.95 bits per heavy atom. The summed E-state index contributed by atoms with van der Waals surface area (Å²) in [6.45, 7) is 0.495. The van der Waals surface area contributed by atoms with Crippen LogP contribution in [-0.2, 0) is 11.3 Å². The standard InChI is InChI=1S/C16H17NO3/c1-20-14-9-5-8-13(10-14)15(16(18)19)17-11-12-6-3-2-4-7-12/h2-10,15,17H,11H2,1H3,(H,18,19). The number of aliphatic carboxylic acids is 1. The molecule has 0 spiro atoms. The van der Waals surface area contributed by atoms with Gasteiger partial charge in [0.25, 0.3) is 0 Å². The third-order valence-corrected chi connectivity index (χ3v) is 3.03. The molecule has 2 N–H and O–H groups in total. The van der Waals surface area contributed by atoms with Gasteiger partial charge in [-0.15, -0.1) is 0 Å². The zero-order valence-corrected chi connectivity index (χ0v) is 11.2. The van der Waals surface area contributed by atoms with E-state index in [-0.39, 0.29) is 0 Å². The van der Waals surface area contributed by atoms with Crippen molar-refractivity contribution in [2.45, 2.75) is 12.6 Å². The summed E-state index contributed by atoms with van der Waals surface area (Å²) >= 11 is 0. The zero-order chi connectivity index (χ0) is 14.4. The summed E-state index contributed by atoms with van der Waals surface area (Å²) in [5.41, 5.74) is 1.72. The molecule has 1 atom stereocenters. The molecule has 104 valence electrons. The fraction of sp³-hybridized carbons (Fsp3) is 0.188. The van der Waals surface area contributed by atoms with Gasteiger partial charge in [-0.05, 0) is 23.3 Å². The summed E-state index contributed by atoms with van der Waals surface area (Å²) in [5.74, 6) is -0.260. The van der Waals surface area contributed by atoms with Crippen molar-refractivity contribution in [1.29, 1.82) is 0 Å². The first-order chi connectivity index (χ1) is 9.70. The molecule has 0 saturated heterocycles. The summed E-state index contributed by atoms with van der Waals surface area (Å²) < 4.78 is 5.13. The van der Waals surface area contributed by atoms with Crippen LogP contribution in [0.25, 0.3) is 0 Å². The van der Waals surface area contributed by atoms with Crippen LogP contribution in [0.1, 0.15) is 17.2 Å². The number of benzene rings is 2. The van der Waals surface area contributed by atoms with Crippen molar-refractivity contribution in [3.8, 4) is 5.75 Å². The van der Waals surface area contributed by atoms with E-state index in [2.05, 4.69) is 5.32 Å². The number of carboxylic acid groups (broad SMARTS) is 1. The van der Waals surface area contributed by atoms with Gasteiger partial charge in [-0.1, -0.05) is 42.5 Å². The van der Waals surface area contributed by atoms with E-state index in [9.17, 15) is 9.90 Å². The van der Waals surface area contributed by atoms with Crippen LogP contribution in [0.15, 0.2) is 54.6 Å². The maximum Gasteiger partial charge on any atom is 0.325 e. The van der Waals surface area contributed by atoms with Crippen LogP contribution >= 0.6 is 0 Å². The smallest absolute Gasteiger partial charge is 0.325 e. The monoisotopic (exact) mass is 271 g/mol. The van der Waals surface area contributed by atoms with Crippen LogP contribution in [0.3, 0.4) is 0 Å². The normalized spacial score (nSPS) is 11.8. The average molecular weight is 271 g/mol. The average Bonchev–Trinajstić information content (AvgIpc) is 2.48. The Balaban J connectivity index is 2.12. The first kappa shape index (κ1) is 14.1. The van der Waals surface area contributed by atoms with E-state index in [0.717, 1.165) is 5.56 Å². The second kappa shape index (κ2) is 6.73. The molecule has 0 fully saturated rings. The number of methoxy groups -OCH3 is 1. The Hall–Kier alpha value is -2.33. The van der Waals surface area contributed by atoms with Crippen molar-refractivity contribution < 1.29 is 14.6 Å². The van der Waals surface area contributed by atoms with Gasteiger partial charge in [0.15, 0.2) is 0 Å². The molecule has 4 heteroatoms. The van der Waals surface area contributed by atoms with Crippen LogP contribution < -0.4 is 10.1 Å². The molecule has 0 aliphatic carbocycles. The summed E-state index contributed by atoms with van der Waals surface area (Å²) in [6, 6.07) is 16.0. The van der Waals surface area contributed by atoms with Gasteiger partial charge >= 0.3 is 5.97 Å². The minimum Gasteiger partial charge on any atom is -0.497 e. The van der Waals surface area contributed by atoms with Gasteiger partial charge in [0.2, 0.25) is 0 Å². The van der Waals surface area contributed by atoms with Crippen LogP contribution in [0.4, 0.5) is 0 Å². The summed E-state index contributed by atoms with van der Waals surface area (Å²) in [5, 5.41) is 12.4. The molecule has 2 aromatic rings. The van der Waals surface area contributed by atoms with Crippen molar-refractivity contribution in [2.75, 3.05) is 7.11 Å². The van der Waals surface area contributed by atoms with Crippen LogP contribution in [-0.4, -0.2) is 18.2 Å². The van der Waals surface area contributed by atoms with Gasteiger partial charge in [-0.2, -0.15) is 0 Å². The maximum atomic E-state index is 11.4. The lowest BCUT2D eigenvalue weighted by Gasteiger charge is -2.15. The highest BCUT2D eigenvalue weighted by Gasteiger charge is 2.19. The fourth-order valence-corrected chi connectivity index (χ4v) is 1.98. The predicted molar refractivity (Wildman–Crippen MR) is 76.7 cm³/mol. The van der Waals surface area contributed by atoms with Gasteiger partial charge in [-0.3, -0.25) is 10.1 Å². The number of ether oxygens (including phenoxy) is 1. The van der Waals surface area contributed by atoms with Crippen LogP contribution in [0.2, 0.25) is 0 Å². The van der Waals surface area contributed by atoms with Crippen LogP contribution in [0, 0.1) is 0 Å². The summed E-state index contributed by atoms with van der Waals surface area (Å²) in [4.78, 5) is 11.4. The third-order valence-electron chi connectivity index (χ3n) is 3.03. The SMILES string of the molecule is COc1cccc(C(NCc2ccccc2)C(=O)O)c1. The topological polar surface area (TPSA) is 58.6 Å². The molecular weight excluding hydrogens is 254 g/mol.